The molecule has 1 unspecified atom stereocenters. The van der Waals surface area contributed by atoms with Crippen molar-refractivity contribution in [1.82, 2.24) is 14.5 Å². The van der Waals surface area contributed by atoms with E-state index in [1.165, 1.54) is 12.8 Å². The predicted molar refractivity (Wildman–Crippen MR) is 77.7 cm³/mol. The van der Waals surface area contributed by atoms with Crippen LogP contribution in [0.4, 0.5) is 0 Å². The fourth-order valence-corrected chi connectivity index (χ4v) is 4.23. The molecule has 1 aliphatic carbocycles. The summed E-state index contributed by atoms with van der Waals surface area (Å²) in [6.07, 6.45) is 3.37. The number of hydrogen-bond acceptors (Lipinski definition) is 4. The summed E-state index contributed by atoms with van der Waals surface area (Å²) in [5.41, 5.74) is 0. The van der Waals surface area contributed by atoms with Gasteiger partial charge in [0.2, 0.25) is 10.0 Å². The molecule has 2 rings (SSSR count). The van der Waals surface area contributed by atoms with E-state index >= 15 is 0 Å². The van der Waals surface area contributed by atoms with E-state index in [-0.39, 0.29) is 5.75 Å². The summed E-state index contributed by atoms with van der Waals surface area (Å²) in [7, 11) is -3.07. The number of nitrogens with zero attached hydrogens (tertiary/aromatic N) is 2. The largest absolute Gasteiger partial charge is 0.313 e. The first kappa shape index (κ1) is 15.2. The number of nitrogens with one attached hydrogen (secondary N) is 1. The normalized spacial score (nSPS) is 25.3. The number of rotatable bonds is 8. The first-order chi connectivity index (χ1) is 9.06. The van der Waals surface area contributed by atoms with Gasteiger partial charge in [-0.2, -0.15) is 0 Å². The van der Waals surface area contributed by atoms with Crippen molar-refractivity contribution < 1.29 is 8.42 Å². The maximum atomic E-state index is 12.2. The molecule has 1 saturated carbocycles. The van der Waals surface area contributed by atoms with Gasteiger partial charge in [0.1, 0.15) is 0 Å². The molecular formula is C13H27N3O2S. The van der Waals surface area contributed by atoms with E-state index < -0.39 is 10.0 Å². The van der Waals surface area contributed by atoms with E-state index in [1.807, 2.05) is 0 Å². The summed E-state index contributed by atoms with van der Waals surface area (Å²) in [6, 6.07) is 0.985. The standard InChI is InChI=1S/C13H27N3O2S/c1-3-15(4-2)13-7-9-16(11-13)19(17,18)10-8-14-12-5-6-12/h12-14H,3-11H2,1-2H3. The predicted octanol–water partition coefficient (Wildman–Crippen LogP) is 0.484. The highest BCUT2D eigenvalue weighted by molar-refractivity contribution is 7.89. The van der Waals surface area contributed by atoms with Gasteiger partial charge in [-0.3, -0.25) is 4.90 Å². The van der Waals surface area contributed by atoms with Crippen molar-refractivity contribution in [3.8, 4) is 0 Å². The second kappa shape index (κ2) is 6.52. The van der Waals surface area contributed by atoms with Crippen LogP contribution in [0.25, 0.3) is 0 Å². The molecule has 1 heterocycles. The molecule has 0 aromatic carbocycles. The van der Waals surface area contributed by atoms with Crippen molar-refractivity contribution in [3.63, 3.8) is 0 Å². The summed E-state index contributed by atoms with van der Waals surface area (Å²) in [5, 5.41) is 3.28. The highest BCUT2D eigenvalue weighted by Crippen LogP contribution is 2.20. The molecular weight excluding hydrogens is 262 g/mol. The second-order valence-corrected chi connectivity index (χ2v) is 7.65. The summed E-state index contributed by atoms with van der Waals surface area (Å²) >= 11 is 0. The molecule has 0 aromatic heterocycles. The molecule has 0 aromatic rings. The van der Waals surface area contributed by atoms with Gasteiger partial charge < -0.3 is 5.32 Å². The van der Waals surface area contributed by atoms with Gasteiger partial charge in [0.15, 0.2) is 0 Å². The van der Waals surface area contributed by atoms with Crippen LogP contribution >= 0.6 is 0 Å². The molecule has 1 N–H and O–H groups in total. The molecule has 0 amide bonds. The van der Waals surface area contributed by atoms with Crippen molar-refractivity contribution >= 4 is 10.0 Å². The lowest BCUT2D eigenvalue weighted by Crippen LogP contribution is -2.40. The van der Waals surface area contributed by atoms with Crippen molar-refractivity contribution in [2.45, 2.75) is 45.2 Å². The quantitative estimate of drug-likeness (QED) is 0.706. The van der Waals surface area contributed by atoms with Crippen LogP contribution < -0.4 is 5.32 Å². The van der Waals surface area contributed by atoms with Crippen LogP contribution in [0.5, 0.6) is 0 Å². The summed E-state index contributed by atoms with van der Waals surface area (Å²) in [5.74, 6) is 0.245. The van der Waals surface area contributed by atoms with E-state index in [4.69, 9.17) is 0 Å². The van der Waals surface area contributed by atoms with Gasteiger partial charge in [-0.1, -0.05) is 13.8 Å². The Labute approximate surface area is 117 Å². The van der Waals surface area contributed by atoms with Crippen LogP contribution in [0.15, 0.2) is 0 Å². The Morgan fingerprint density at radius 3 is 2.47 bits per heavy atom. The van der Waals surface area contributed by atoms with Crippen LogP contribution in [0.2, 0.25) is 0 Å². The summed E-state index contributed by atoms with van der Waals surface area (Å²) < 4.78 is 26.2. The van der Waals surface area contributed by atoms with E-state index in [0.717, 1.165) is 19.5 Å². The SMILES string of the molecule is CCN(CC)C1CCN(S(=O)(=O)CCNC2CC2)C1. The number of hydrogen-bond donors (Lipinski definition) is 1. The third-order valence-electron chi connectivity index (χ3n) is 4.22. The third-order valence-corrected chi connectivity index (χ3v) is 6.06. The van der Waals surface area contributed by atoms with E-state index in [9.17, 15) is 8.42 Å². The van der Waals surface area contributed by atoms with Crippen LogP contribution in [0.3, 0.4) is 0 Å². The third kappa shape index (κ3) is 4.15. The Balaban J connectivity index is 1.80. The minimum atomic E-state index is -3.07. The maximum absolute atomic E-state index is 12.2. The molecule has 0 bridgehead atoms. The van der Waals surface area contributed by atoms with Crippen LogP contribution in [0, 0.1) is 0 Å². The minimum Gasteiger partial charge on any atom is -0.313 e. The van der Waals surface area contributed by atoms with Gasteiger partial charge in [0.25, 0.3) is 0 Å². The molecule has 5 nitrogen and oxygen atoms in total. The molecule has 0 radical (unpaired) electrons. The number of likely N-dealkylation sites (N-methyl/N-ethyl adjacent to an activating group) is 1. The molecule has 6 heteroatoms. The van der Waals surface area contributed by atoms with Gasteiger partial charge >= 0.3 is 0 Å². The Kier molecular flexibility index (Phi) is 5.22. The Hall–Kier alpha value is -0.170. The van der Waals surface area contributed by atoms with Gasteiger partial charge in [-0.15, -0.1) is 0 Å². The monoisotopic (exact) mass is 289 g/mol. The smallest absolute Gasteiger partial charge is 0.215 e. The Morgan fingerprint density at radius 2 is 1.89 bits per heavy atom. The lowest BCUT2D eigenvalue weighted by molar-refractivity contribution is 0.224. The number of sulfonamides is 1. The average Bonchev–Trinajstić information content (AvgIpc) is 3.06. The fourth-order valence-electron chi connectivity index (χ4n) is 2.81. The van der Waals surface area contributed by atoms with Gasteiger partial charge in [0.05, 0.1) is 5.75 Å². The average molecular weight is 289 g/mol. The molecule has 2 fully saturated rings. The van der Waals surface area contributed by atoms with Crippen molar-refractivity contribution in [3.05, 3.63) is 0 Å². The molecule has 2 aliphatic rings. The van der Waals surface area contributed by atoms with Crippen LogP contribution in [0.1, 0.15) is 33.1 Å². The minimum absolute atomic E-state index is 0.245. The van der Waals surface area contributed by atoms with E-state index in [0.29, 0.717) is 31.7 Å². The zero-order chi connectivity index (χ0) is 13.9. The summed E-state index contributed by atoms with van der Waals surface area (Å²) in [4.78, 5) is 2.36. The molecule has 112 valence electrons. The van der Waals surface area contributed by atoms with Crippen molar-refractivity contribution in [2.75, 3.05) is 38.5 Å². The molecule has 0 spiro atoms. The topological polar surface area (TPSA) is 52.7 Å². The molecule has 1 aliphatic heterocycles. The Bertz CT molecular complexity index is 377. The van der Waals surface area contributed by atoms with E-state index in [1.54, 1.807) is 4.31 Å². The first-order valence-electron chi connectivity index (χ1n) is 7.52. The highest BCUT2D eigenvalue weighted by Gasteiger charge is 2.33. The lowest BCUT2D eigenvalue weighted by atomic mass is 10.2. The lowest BCUT2D eigenvalue weighted by Gasteiger charge is -2.26. The first-order valence-corrected chi connectivity index (χ1v) is 9.13. The highest BCUT2D eigenvalue weighted by atomic mass is 32.2. The summed E-state index contributed by atoms with van der Waals surface area (Å²) in [6.45, 7) is 8.23. The maximum Gasteiger partial charge on any atom is 0.215 e. The van der Waals surface area contributed by atoms with Crippen LogP contribution in [-0.4, -0.2) is 68.2 Å². The van der Waals surface area contributed by atoms with Crippen LogP contribution in [-0.2, 0) is 10.0 Å². The fraction of sp³-hybridized carbons (Fsp3) is 1.00. The van der Waals surface area contributed by atoms with E-state index in [2.05, 4.69) is 24.1 Å². The van der Waals surface area contributed by atoms with Crippen molar-refractivity contribution in [1.29, 1.82) is 0 Å². The molecule has 19 heavy (non-hydrogen) atoms. The van der Waals surface area contributed by atoms with Gasteiger partial charge in [0, 0.05) is 31.7 Å². The van der Waals surface area contributed by atoms with Gasteiger partial charge in [-0.25, -0.2) is 12.7 Å². The zero-order valence-electron chi connectivity index (χ0n) is 12.1. The zero-order valence-corrected chi connectivity index (χ0v) is 13.0. The Morgan fingerprint density at radius 1 is 1.21 bits per heavy atom. The second-order valence-electron chi connectivity index (χ2n) is 5.57. The van der Waals surface area contributed by atoms with Gasteiger partial charge in [-0.05, 0) is 32.4 Å². The van der Waals surface area contributed by atoms with Crippen molar-refractivity contribution in [2.24, 2.45) is 0 Å². The molecule has 1 atom stereocenters. The molecule has 1 saturated heterocycles.